The Morgan fingerprint density at radius 2 is 2.32 bits per heavy atom. The highest BCUT2D eigenvalue weighted by Gasteiger charge is 2.21. The fraction of sp³-hybridized carbons (Fsp3) is 0.714. The minimum atomic E-state index is -0.541. The lowest BCUT2D eigenvalue weighted by atomic mass is 9.88. The third kappa shape index (κ3) is 4.80. The van der Waals surface area contributed by atoms with Gasteiger partial charge in [0.2, 0.25) is 5.91 Å². The summed E-state index contributed by atoms with van der Waals surface area (Å²) in [6, 6.07) is 0. The predicted molar refractivity (Wildman–Crippen MR) is 79.3 cm³/mol. The van der Waals surface area contributed by atoms with E-state index in [0.29, 0.717) is 25.2 Å². The van der Waals surface area contributed by atoms with Gasteiger partial charge < -0.3 is 10.1 Å². The van der Waals surface area contributed by atoms with Crippen molar-refractivity contribution < 1.29 is 14.5 Å². The van der Waals surface area contributed by atoms with Crippen LogP contribution >= 0.6 is 0 Å². The van der Waals surface area contributed by atoms with Gasteiger partial charge in [-0.05, 0) is 18.8 Å². The van der Waals surface area contributed by atoms with Gasteiger partial charge in [-0.3, -0.25) is 19.6 Å². The molecule has 1 saturated carbocycles. The maximum absolute atomic E-state index is 11.7. The summed E-state index contributed by atoms with van der Waals surface area (Å²) in [6.45, 7) is 3.09. The lowest BCUT2D eigenvalue weighted by molar-refractivity contribution is -0.385. The highest BCUT2D eigenvalue weighted by atomic mass is 16.6. The highest BCUT2D eigenvalue weighted by Crippen LogP contribution is 2.25. The summed E-state index contributed by atoms with van der Waals surface area (Å²) in [5.41, 5.74) is -0.123. The van der Waals surface area contributed by atoms with E-state index in [1.165, 1.54) is 30.1 Å². The summed E-state index contributed by atoms with van der Waals surface area (Å²) in [5, 5.41) is 17.0. The lowest BCUT2D eigenvalue weighted by Crippen LogP contribution is -2.33. The Morgan fingerprint density at radius 1 is 1.55 bits per heavy atom. The molecule has 0 aliphatic heterocycles. The molecule has 22 heavy (non-hydrogen) atoms. The molecule has 0 unspecified atom stereocenters. The Bertz CT molecular complexity index is 517. The molecule has 0 spiro atoms. The van der Waals surface area contributed by atoms with Crippen LogP contribution in [0.1, 0.15) is 32.6 Å². The molecule has 2 rings (SSSR count). The first-order valence-corrected chi connectivity index (χ1v) is 7.61. The molecule has 0 bridgehead atoms. The van der Waals surface area contributed by atoms with Crippen molar-refractivity contribution in [2.45, 2.75) is 45.3 Å². The number of nitro groups is 1. The van der Waals surface area contributed by atoms with Gasteiger partial charge in [0.25, 0.3) is 0 Å². The minimum absolute atomic E-state index is 0.0341. The zero-order valence-corrected chi connectivity index (χ0v) is 12.7. The van der Waals surface area contributed by atoms with Crippen LogP contribution in [0, 0.1) is 16.0 Å². The third-order valence-corrected chi connectivity index (χ3v) is 3.92. The van der Waals surface area contributed by atoms with Crippen molar-refractivity contribution in [3.63, 3.8) is 0 Å². The second-order valence-corrected chi connectivity index (χ2v) is 5.67. The Labute approximate surface area is 129 Å². The van der Waals surface area contributed by atoms with Crippen LogP contribution in [-0.4, -0.2) is 39.9 Å². The van der Waals surface area contributed by atoms with Crippen LogP contribution in [0.4, 0.5) is 5.69 Å². The molecule has 1 N–H and O–H groups in total. The lowest BCUT2D eigenvalue weighted by Gasteiger charge is -2.28. The van der Waals surface area contributed by atoms with Crippen LogP contribution < -0.4 is 5.32 Å². The summed E-state index contributed by atoms with van der Waals surface area (Å²) in [7, 11) is 0. The van der Waals surface area contributed by atoms with E-state index in [2.05, 4.69) is 17.3 Å². The summed E-state index contributed by atoms with van der Waals surface area (Å²) in [4.78, 5) is 21.7. The monoisotopic (exact) mass is 310 g/mol. The minimum Gasteiger partial charge on any atom is -0.376 e. The zero-order chi connectivity index (χ0) is 15.9. The number of nitrogens with one attached hydrogen (secondary N) is 1. The molecule has 1 aliphatic rings. The van der Waals surface area contributed by atoms with Gasteiger partial charge in [0.05, 0.1) is 17.6 Å². The van der Waals surface area contributed by atoms with E-state index in [9.17, 15) is 14.9 Å². The number of amides is 1. The smallest absolute Gasteiger partial charge is 0.307 e. The predicted octanol–water partition coefficient (Wildman–Crippen LogP) is 1.50. The van der Waals surface area contributed by atoms with Gasteiger partial charge in [0.15, 0.2) is 0 Å². The van der Waals surface area contributed by atoms with Crippen LogP contribution in [0.2, 0.25) is 0 Å². The molecule has 1 amide bonds. The van der Waals surface area contributed by atoms with Crippen LogP contribution in [0.3, 0.4) is 0 Å². The Kier molecular flexibility index (Phi) is 5.88. The fourth-order valence-electron chi connectivity index (χ4n) is 2.67. The van der Waals surface area contributed by atoms with Gasteiger partial charge in [0, 0.05) is 6.54 Å². The SMILES string of the molecule is C[C@H]1CCCC[C@@H]1OCCNC(=O)Cn1cc([N+](=O)[O-])cn1. The standard InChI is InChI=1S/C14H22N4O4/c1-11-4-2-3-5-13(11)22-7-6-15-14(19)10-17-9-12(8-16-17)18(20)21/h8-9,11,13H,2-7,10H2,1H3,(H,15,19)/t11-,13-/m0/s1. The number of aromatic nitrogens is 2. The molecule has 1 aromatic rings. The topological polar surface area (TPSA) is 99.3 Å². The van der Waals surface area contributed by atoms with Crippen molar-refractivity contribution in [1.82, 2.24) is 15.1 Å². The zero-order valence-electron chi connectivity index (χ0n) is 12.7. The number of hydrogen-bond acceptors (Lipinski definition) is 5. The number of rotatable bonds is 7. The van der Waals surface area contributed by atoms with E-state index < -0.39 is 4.92 Å². The molecule has 1 aliphatic carbocycles. The molecular formula is C14H22N4O4. The van der Waals surface area contributed by atoms with Gasteiger partial charge in [-0.1, -0.05) is 19.8 Å². The van der Waals surface area contributed by atoms with Gasteiger partial charge in [-0.25, -0.2) is 0 Å². The summed E-state index contributed by atoms with van der Waals surface area (Å²) in [6.07, 6.45) is 7.43. The molecule has 0 aromatic carbocycles. The average Bonchev–Trinajstić information content (AvgIpc) is 2.94. The molecule has 2 atom stereocenters. The number of carbonyl (C=O) groups is 1. The van der Waals surface area contributed by atoms with Crippen LogP contribution in [0.25, 0.3) is 0 Å². The number of ether oxygens (including phenoxy) is 1. The van der Waals surface area contributed by atoms with E-state index in [0.717, 1.165) is 12.6 Å². The van der Waals surface area contributed by atoms with Crippen LogP contribution in [0.5, 0.6) is 0 Å². The molecular weight excluding hydrogens is 288 g/mol. The van der Waals surface area contributed by atoms with E-state index in [1.807, 2.05) is 0 Å². The molecule has 0 saturated heterocycles. The van der Waals surface area contributed by atoms with Crippen molar-refractivity contribution >= 4 is 11.6 Å². The number of hydrogen-bond donors (Lipinski definition) is 1. The second kappa shape index (κ2) is 7.88. The maximum atomic E-state index is 11.7. The molecule has 1 fully saturated rings. The van der Waals surface area contributed by atoms with E-state index in [4.69, 9.17) is 4.74 Å². The van der Waals surface area contributed by atoms with E-state index >= 15 is 0 Å². The normalized spacial score (nSPS) is 21.5. The second-order valence-electron chi connectivity index (χ2n) is 5.67. The fourth-order valence-corrected chi connectivity index (χ4v) is 2.67. The number of carbonyl (C=O) groups excluding carboxylic acids is 1. The molecule has 8 nitrogen and oxygen atoms in total. The molecule has 1 aromatic heterocycles. The van der Waals surface area contributed by atoms with Crippen molar-refractivity contribution in [2.24, 2.45) is 5.92 Å². The quantitative estimate of drug-likeness (QED) is 0.467. The number of nitrogens with zero attached hydrogens (tertiary/aromatic N) is 3. The maximum Gasteiger partial charge on any atom is 0.307 e. The highest BCUT2D eigenvalue weighted by molar-refractivity contribution is 5.75. The molecule has 1 heterocycles. The van der Waals surface area contributed by atoms with Crippen molar-refractivity contribution in [3.05, 3.63) is 22.5 Å². The molecule has 8 heteroatoms. The van der Waals surface area contributed by atoms with Crippen molar-refractivity contribution in [1.29, 1.82) is 0 Å². The Morgan fingerprint density at radius 3 is 3.00 bits per heavy atom. The van der Waals surface area contributed by atoms with E-state index in [1.54, 1.807) is 0 Å². The third-order valence-electron chi connectivity index (χ3n) is 3.92. The average molecular weight is 310 g/mol. The summed E-state index contributed by atoms with van der Waals surface area (Å²) < 4.78 is 7.05. The van der Waals surface area contributed by atoms with Gasteiger partial charge in [0.1, 0.15) is 18.9 Å². The van der Waals surface area contributed by atoms with Crippen LogP contribution in [0.15, 0.2) is 12.4 Å². The first-order chi connectivity index (χ1) is 10.6. The van der Waals surface area contributed by atoms with Crippen molar-refractivity contribution in [3.8, 4) is 0 Å². The van der Waals surface area contributed by atoms with Crippen molar-refractivity contribution in [2.75, 3.05) is 13.2 Å². The Hall–Kier alpha value is -1.96. The first-order valence-electron chi connectivity index (χ1n) is 7.61. The van der Waals surface area contributed by atoms with Crippen LogP contribution in [-0.2, 0) is 16.1 Å². The first kappa shape index (κ1) is 16.4. The molecule has 0 radical (unpaired) electrons. The van der Waals surface area contributed by atoms with Gasteiger partial charge >= 0.3 is 5.69 Å². The van der Waals surface area contributed by atoms with Gasteiger partial charge in [-0.2, -0.15) is 5.10 Å². The van der Waals surface area contributed by atoms with E-state index in [-0.39, 0.29) is 18.1 Å². The summed E-state index contributed by atoms with van der Waals surface area (Å²) >= 11 is 0. The molecule has 122 valence electrons. The summed E-state index contributed by atoms with van der Waals surface area (Å²) in [5.74, 6) is 0.340. The van der Waals surface area contributed by atoms with Gasteiger partial charge in [-0.15, -0.1) is 0 Å². The largest absolute Gasteiger partial charge is 0.376 e. The Balaban J connectivity index is 1.64.